The summed E-state index contributed by atoms with van der Waals surface area (Å²) in [7, 11) is 0. The Kier molecular flexibility index (Phi) is 3.92. The number of nitrogens with zero attached hydrogens (tertiary/aromatic N) is 1. The third-order valence-electron chi connectivity index (χ3n) is 3.37. The van der Waals surface area contributed by atoms with E-state index in [1.165, 1.54) is 12.1 Å². The fraction of sp³-hybridized carbons (Fsp3) is 0.538. The van der Waals surface area contributed by atoms with Crippen molar-refractivity contribution in [3.63, 3.8) is 0 Å². The maximum atomic E-state index is 13.7. The zero-order chi connectivity index (χ0) is 13.2. The molecule has 0 spiro atoms. The van der Waals surface area contributed by atoms with Crippen LogP contribution in [0.5, 0.6) is 0 Å². The van der Waals surface area contributed by atoms with Gasteiger partial charge in [0, 0.05) is 19.6 Å². The molecular weight excluding hydrogens is 243 g/mol. The molecule has 0 aliphatic carbocycles. The first-order valence-electron chi connectivity index (χ1n) is 5.98. The highest BCUT2D eigenvalue weighted by atomic mass is 19.2. The molecule has 18 heavy (non-hydrogen) atoms. The van der Waals surface area contributed by atoms with E-state index in [0.29, 0.717) is 31.5 Å². The molecule has 1 N–H and O–H groups in total. The van der Waals surface area contributed by atoms with Gasteiger partial charge in [-0.1, -0.05) is 6.07 Å². The van der Waals surface area contributed by atoms with Gasteiger partial charge in [0.2, 0.25) is 0 Å². The van der Waals surface area contributed by atoms with Crippen LogP contribution in [0.15, 0.2) is 18.2 Å². The maximum Gasteiger partial charge on any atom is 0.159 e. The van der Waals surface area contributed by atoms with Crippen LogP contribution < -0.4 is 0 Å². The molecule has 5 heteroatoms. The van der Waals surface area contributed by atoms with E-state index in [1.807, 2.05) is 4.90 Å². The Morgan fingerprint density at radius 1 is 1.28 bits per heavy atom. The molecule has 1 unspecified atom stereocenters. The van der Waals surface area contributed by atoms with Gasteiger partial charge in [0.25, 0.3) is 0 Å². The first kappa shape index (κ1) is 13.4. The van der Waals surface area contributed by atoms with Crippen molar-refractivity contribution in [2.75, 3.05) is 26.2 Å². The lowest BCUT2D eigenvalue weighted by atomic mass is 10.1. The first-order chi connectivity index (χ1) is 8.52. The molecular formula is C13H16F3NO. The summed E-state index contributed by atoms with van der Waals surface area (Å²) in [6, 6.07) is 3.80. The Balaban J connectivity index is 1.87. The van der Waals surface area contributed by atoms with Gasteiger partial charge in [0.15, 0.2) is 11.6 Å². The van der Waals surface area contributed by atoms with Crippen LogP contribution >= 0.6 is 0 Å². The Hall–Kier alpha value is -1.07. The van der Waals surface area contributed by atoms with E-state index in [9.17, 15) is 13.2 Å². The molecule has 0 saturated carbocycles. The van der Waals surface area contributed by atoms with Gasteiger partial charge in [-0.25, -0.2) is 13.2 Å². The van der Waals surface area contributed by atoms with Gasteiger partial charge in [0.1, 0.15) is 5.67 Å². The number of alkyl halides is 1. The minimum absolute atomic E-state index is 0.202. The largest absolute Gasteiger partial charge is 0.393 e. The summed E-state index contributed by atoms with van der Waals surface area (Å²) in [5, 5.41) is 8.90. The lowest BCUT2D eigenvalue weighted by Crippen LogP contribution is -2.33. The van der Waals surface area contributed by atoms with Crippen molar-refractivity contribution in [3.05, 3.63) is 35.4 Å². The van der Waals surface area contributed by atoms with Crippen molar-refractivity contribution in [2.45, 2.75) is 18.5 Å². The van der Waals surface area contributed by atoms with Crippen molar-refractivity contribution in [1.82, 2.24) is 4.90 Å². The summed E-state index contributed by atoms with van der Waals surface area (Å²) in [6.45, 7) is 0.902. The molecule has 2 nitrogen and oxygen atoms in total. The Bertz CT molecular complexity index is 427. The van der Waals surface area contributed by atoms with Crippen LogP contribution in [0.4, 0.5) is 13.2 Å². The fourth-order valence-electron chi connectivity index (χ4n) is 2.22. The number of hydrogen-bond acceptors (Lipinski definition) is 2. The molecule has 1 aliphatic heterocycles. The molecule has 1 aliphatic rings. The molecule has 100 valence electrons. The van der Waals surface area contributed by atoms with Gasteiger partial charge < -0.3 is 5.11 Å². The minimum Gasteiger partial charge on any atom is -0.393 e. The second kappa shape index (κ2) is 5.28. The third-order valence-corrected chi connectivity index (χ3v) is 3.37. The number of aliphatic hydroxyl groups excluding tert-OH is 1. The van der Waals surface area contributed by atoms with Crippen molar-refractivity contribution in [1.29, 1.82) is 0 Å². The highest BCUT2D eigenvalue weighted by Crippen LogP contribution is 2.25. The van der Waals surface area contributed by atoms with Gasteiger partial charge in [-0.15, -0.1) is 0 Å². The van der Waals surface area contributed by atoms with Crippen LogP contribution in [-0.2, 0) is 6.42 Å². The molecule has 1 saturated heterocycles. The second-order valence-corrected chi connectivity index (χ2v) is 4.83. The second-order valence-electron chi connectivity index (χ2n) is 4.83. The Morgan fingerprint density at radius 2 is 2.06 bits per heavy atom. The fourth-order valence-corrected chi connectivity index (χ4v) is 2.22. The average molecular weight is 259 g/mol. The molecule has 1 fully saturated rings. The smallest absolute Gasteiger partial charge is 0.159 e. The van der Waals surface area contributed by atoms with E-state index in [0.717, 1.165) is 6.07 Å². The van der Waals surface area contributed by atoms with Crippen molar-refractivity contribution < 1.29 is 18.3 Å². The summed E-state index contributed by atoms with van der Waals surface area (Å²) >= 11 is 0. The molecule has 0 bridgehead atoms. The van der Waals surface area contributed by atoms with Crippen molar-refractivity contribution in [3.8, 4) is 0 Å². The Morgan fingerprint density at radius 3 is 2.67 bits per heavy atom. The van der Waals surface area contributed by atoms with Crippen molar-refractivity contribution >= 4 is 0 Å². The number of likely N-dealkylation sites (tertiary alicyclic amines) is 1. The van der Waals surface area contributed by atoms with E-state index in [2.05, 4.69) is 0 Å². The van der Waals surface area contributed by atoms with Crippen LogP contribution in [0.2, 0.25) is 0 Å². The quantitative estimate of drug-likeness (QED) is 0.893. The minimum atomic E-state index is -1.51. The molecule has 0 amide bonds. The first-order valence-corrected chi connectivity index (χ1v) is 5.98. The molecule has 1 heterocycles. The highest BCUT2D eigenvalue weighted by Gasteiger charge is 2.37. The zero-order valence-corrected chi connectivity index (χ0v) is 10.0. The van der Waals surface area contributed by atoms with Crippen LogP contribution in [0.1, 0.15) is 12.0 Å². The molecule has 1 atom stereocenters. The number of aliphatic hydroxyl groups is 1. The van der Waals surface area contributed by atoms with Crippen molar-refractivity contribution in [2.24, 2.45) is 0 Å². The monoisotopic (exact) mass is 259 g/mol. The van der Waals surface area contributed by atoms with Crippen LogP contribution in [-0.4, -0.2) is 41.9 Å². The van der Waals surface area contributed by atoms with E-state index < -0.39 is 23.9 Å². The van der Waals surface area contributed by atoms with E-state index in [-0.39, 0.29) is 6.54 Å². The summed E-state index contributed by atoms with van der Waals surface area (Å²) in [5.74, 6) is -1.72. The zero-order valence-electron chi connectivity index (χ0n) is 10.0. The molecule has 1 aromatic carbocycles. The van der Waals surface area contributed by atoms with Gasteiger partial charge in [-0.05, 0) is 30.5 Å². The summed E-state index contributed by atoms with van der Waals surface area (Å²) in [6.07, 6.45) is 0.861. The standard InChI is InChI=1S/C13H16F3NO/c14-11-2-1-10(7-12(11)15)3-5-17-6-4-13(16,8-17)9-18/h1-2,7,18H,3-6,8-9H2. The molecule has 0 aromatic heterocycles. The number of halogens is 3. The van der Waals surface area contributed by atoms with E-state index >= 15 is 0 Å². The number of benzene rings is 1. The predicted octanol–water partition coefficient (Wildman–Crippen LogP) is 1.91. The normalized spacial score (nSPS) is 24.7. The predicted molar refractivity (Wildman–Crippen MR) is 62.0 cm³/mol. The lowest BCUT2D eigenvalue weighted by Gasteiger charge is -2.18. The summed E-state index contributed by atoms with van der Waals surface area (Å²) in [5.41, 5.74) is -0.817. The number of rotatable bonds is 4. The SMILES string of the molecule is OCC1(F)CCN(CCc2ccc(F)c(F)c2)C1. The van der Waals surface area contributed by atoms with Crippen LogP contribution in [0.25, 0.3) is 0 Å². The summed E-state index contributed by atoms with van der Waals surface area (Å²) < 4.78 is 39.4. The lowest BCUT2D eigenvalue weighted by molar-refractivity contribution is 0.0779. The van der Waals surface area contributed by atoms with Crippen LogP contribution in [0.3, 0.4) is 0 Å². The van der Waals surface area contributed by atoms with Gasteiger partial charge in [-0.2, -0.15) is 0 Å². The molecule has 1 aromatic rings. The topological polar surface area (TPSA) is 23.5 Å². The third kappa shape index (κ3) is 3.03. The van der Waals surface area contributed by atoms with Gasteiger partial charge >= 0.3 is 0 Å². The highest BCUT2D eigenvalue weighted by molar-refractivity contribution is 5.18. The van der Waals surface area contributed by atoms with E-state index in [1.54, 1.807) is 0 Å². The average Bonchev–Trinajstić information content (AvgIpc) is 2.74. The Labute approximate surface area is 104 Å². The van der Waals surface area contributed by atoms with Gasteiger partial charge in [-0.3, -0.25) is 4.90 Å². The molecule has 0 radical (unpaired) electrons. The van der Waals surface area contributed by atoms with Crippen LogP contribution in [0, 0.1) is 11.6 Å². The molecule has 2 rings (SSSR count). The number of hydrogen-bond donors (Lipinski definition) is 1. The van der Waals surface area contributed by atoms with Gasteiger partial charge in [0.05, 0.1) is 6.61 Å². The van der Waals surface area contributed by atoms with E-state index in [4.69, 9.17) is 5.11 Å². The maximum absolute atomic E-state index is 13.7. The summed E-state index contributed by atoms with van der Waals surface area (Å²) in [4.78, 5) is 1.89.